The molecule has 2 aromatic rings. The SMILES string of the molecule is Cc1ccc(CN(Cc2ccc(C)n2C)C(=O)C23CC2C3)n1C. The second-order valence-electron chi connectivity index (χ2n) is 7.47. The lowest BCUT2D eigenvalue weighted by Crippen LogP contribution is -2.34. The van der Waals surface area contributed by atoms with Crippen LogP contribution in [0.4, 0.5) is 0 Å². The molecular formula is C19H25N3O. The van der Waals surface area contributed by atoms with Gasteiger partial charge in [0.25, 0.3) is 0 Å². The minimum Gasteiger partial charge on any atom is -0.350 e. The van der Waals surface area contributed by atoms with E-state index in [9.17, 15) is 4.79 Å². The Balaban J connectivity index is 1.60. The highest BCUT2D eigenvalue weighted by Gasteiger charge is 2.75. The fraction of sp³-hybridized carbons (Fsp3) is 0.526. The Morgan fingerprint density at radius 1 is 1.04 bits per heavy atom. The molecule has 0 saturated heterocycles. The van der Waals surface area contributed by atoms with Crippen LogP contribution in [0.2, 0.25) is 0 Å². The molecule has 4 heteroatoms. The van der Waals surface area contributed by atoms with Gasteiger partial charge in [0.2, 0.25) is 5.91 Å². The second-order valence-corrected chi connectivity index (χ2v) is 7.47. The summed E-state index contributed by atoms with van der Waals surface area (Å²) in [5.74, 6) is 1.04. The van der Waals surface area contributed by atoms with Crippen LogP contribution in [-0.4, -0.2) is 19.9 Å². The van der Waals surface area contributed by atoms with E-state index in [1.165, 1.54) is 22.8 Å². The Hall–Kier alpha value is -1.97. The molecule has 0 aromatic carbocycles. The summed E-state index contributed by atoms with van der Waals surface area (Å²) >= 11 is 0. The van der Waals surface area contributed by atoms with Gasteiger partial charge in [-0.2, -0.15) is 0 Å². The van der Waals surface area contributed by atoms with Gasteiger partial charge in [-0.25, -0.2) is 0 Å². The number of amides is 1. The fourth-order valence-corrected chi connectivity index (χ4v) is 3.61. The van der Waals surface area contributed by atoms with Crippen LogP contribution in [0.25, 0.3) is 0 Å². The quantitative estimate of drug-likeness (QED) is 0.835. The third-order valence-electron chi connectivity index (χ3n) is 6.05. The summed E-state index contributed by atoms with van der Waals surface area (Å²) in [5.41, 5.74) is 4.90. The van der Waals surface area contributed by atoms with Crippen LogP contribution >= 0.6 is 0 Å². The van der Waals surface area contributed by atoms with Gasteiger partial charge in [0.05, 0.1) is 18.5 Å². The molecular weight excluding hydrogens is 286 g/mol. The van der Waals surface area contributed by atoms with Crippen molar-refractivity contribution in [2.75, 3.05) is 0 Å². The van der Waals surface area contributed by atoms with Crippen molar-refractivity contribution in [3.63, 3.8) is 0 Å². The summed E-state index contributed by atoms with van der Waals surface area (Å²) in [7, 11) is 4.16. The summed E-state index contributed by atoms with van der Waals surface area (Å²) in [6.07, 6.45) is 2.22. The van der Waals surface area contributed by atoms with Gasteiger partial charge < -0.3 is 14.0 Å². The number of carbonyl (C=O) groups is 1. The molecule has 2 aliphatic carbocycles. The van der Waals surface area contributed by atoms with Gasteiger partial charge in [0.1, 0.15) is 0 Å². The summed E-state index contributed by atoms with van der Waals surface area (Å²) in [6, 6.07) is 8.53. The highest BCUT2D eigenvalue weighted by atomic mass is 16.2. The zero-order valence-electron chi connectivity index (χ0n) is 14.5. The van der Waals surface area contributed by atoms with E-state index < -0.39 is 0 Å². The normalized spacial score (nSPS) is 24.4. The molecule has 1 amide bonds. The van der Waals surface area contributed by atoms with E-state index in [4.69, 9.17) is 0 Å². The molecule has 0 radical (unpaired) electrons. The monoisotopic (exact) mass is 311 g/mol. The van der Waals surface area contributed by atoms with Crippen LogP contribution < -0.4 is 0 Å². The number of aromatic nitrogens is 2. The maximum atomic E-state index is 13.0. The van der Waals surface area contributed by atoms with Crippen LogP contribution in [0.15, 0.2) is 24.3 Å². The lowest BCUT2D eigenvalue weighted by atomic mass is 10.1. The molecule has 2 heterocycles. The Morgan fingerprint density at radius 2 is 1.48 bits per heavy atom. The molecule has 0 bridgehead atoms. The number of hydrogen-bond donors (Lipinski definition) is 0. The van der Waals surface area contributed by atoms with Gasteiger partial charge in [-0.05, 0) is 56.9 Å². The first-order valence-corrected chi connectivity index (χ1v) is 8.44. The van der Waals surface area contributed by atoms with E-state index >= 15 is 0 Å². The number of aryl methyl sites for hydroxylation is 2. The van der Waals surface area contributed by atoms with Crippen molar-refractivity contribution in [2.24, 2.45) is 25.4 Å². The third-order valence-corrected chi connectivity index (χ3v) is 6.05. The van der Waals surface area contributed by atoms with Crippen molar-refractivity contribution in [3.05, 3.63) is 47.0 Å². The highest BCUT2D eigenvalue weighted by molar-refractivity contribution is 5.90. The predicted molar refractivity (Wildman–Crippen MR) is 89.7 cm³/mol. The molecule has 0 spiro atoms. The summed E-state index contributed by atoms with van der Waals surface area (Å²) in [4.78, 5) is 15.1. The Morgan fingerprint density at radius 3 is 1.78 bits per heavy atom. The van der Waals surface area contributed by atoms with Crippen molar-refractivity contribution in [1.29, 1.82) is 0 Å². The van der Waals surface area contributed by atoms with Gasteiger partial charge >= 0.3 is 0 Å². The standard InChI is InChI=1S/C19H25N3O/c1-13-5-7-16(20(13)3)11-22(18(23)19-9-15(19)10-19)12-17-8-6-14(2)21(17)4/h5-8,15H,9-12H2,1-4H3. The highest BCUT2D eigenvalue weighted by Crippen LogP contribution is 2.76. The van der Waals surface area contributed by atoms with Crippen molar-refractivity contribution in [1.82, 2.24) is 14.0 Å². The molecule has 2 aliphatic rings. The minimum atomic E-state index is 0.0282. The molecule has 122 valence electrons. The smallest absolute Gasteiger partial charge is 0.229 e. The third kappa shape index (κ3) is 2.23. The molecule has 4 rings (SSSR count). The molecule has 2 aromatic heterocycles. The molecule has 2 fully saturated rings. The van der Waals surface area contributed by atoms with Crippen LogP contribution in [-0.2, 0) is 32.0 Å². The summed E-state index contributed by atoms with van der Waals surface area (Å²) in [5, 5.41) is 0. The molecule has 23 heavy (non-hydrogen) atoms. The van der Waals surface area contributed by atoms with Crippen molar-refractivity contribution in [2.45, 2.75) is 39.8 Å². The maximum absolute atomic E-state index is 13.0. The molecule has 0 atom stereocenters. The van der Waals surface area contributed by atoms with Gasteiger partial charge in [-0.15, -0.1) is 0 Å². The average molecular weight is 311 g/mol. The van der Waals surface area contributed by atoms with Gasteiger partial charge in [0, 0.05) is 36.9 Å². The molecule has 0 aliphatic heterocycles. The average Bonchev–Trinajstić information content (AvgIpc) is 3.34. The van der Waals surface area contributed by atoms with E-state index in [0.29, 0.717) is 24.9 Å². The van der Waals surface area contributed by atoms with Crippen LogP contribution in [0.5, 0.6) is 0 Å². The fourth-order valence-electron chi connectivity index (χ4n) is 3.61. The van der Waals surface area contributed by atoms with Crippen molar-refractivity contribution < 1.29 is 4.79 Å². The molecule has 2 saturated carbocycles. The number of carbonyl (C=O) groups excluding carboxylic acids is 1. The zero-order valence-corrected chi connectivity index (χ0v) is 14.5. The Labute approximate surface area is 137 Å². The van der Waals surface area contributed by atoms with E-state index in [1.807, 2.05) is 0 Å². The molecule has 4 nitrogen and oxygen atoms in total. The lowest BCUT2D eigenvalue weighted by molar-refractivity contribution is -0.136. The topological polar surface area (TPSA) is 30.2 Å². The van der Waals surface area contributed by atoms with E-state index in [2.05, 4.69) is 66.2 Å². The first-order chi connectivity index (χ1) is 10.9. The van der Waals surface area contributed by atoms with E-state index in [0.717, 1.165) is 12.8 Å². The number of hydrogen-bond acceptors (Lipinski definition) is 1. The summed E-state index contributed by atoms with van der Waals surface area (Å²) < 4.78 is 4.37. The summed E-state index contributed by atoms with van der Waals surface area (Å²) in [6.45, 7) is 5.60. The Kier molecular flexibility index (Phi) is 3.03. The first kappa shape index (κ1) is 14.6. The van der Waals surface area contributed by atoms with Crippen LogP contribution in [0, 0.1) is 25.2 Å². The van der Waals surface area contributed by atoms with Crippen LogP contribution in [0.1, 0.15) is 35.6 Å². The molecule has 0 N–H and O–H groups in total. The number of nitrogens with zero attached hydrogens (tertiary/aromatic N) is 3. The second kappa shape index (κ2) is 4.76. The maximum Gasteiger partial charge on any atom is 0.229 e. The van der Waals surface area contributed by atoms with Gasteiger partial charge in [-0.1, -0.05) is 0 Å². The first-order valence-electron chi connectivity index (χ1n) is 8.44. The van der Waals surface area contributed by atoms with Gasteiger partial charge in [0.15, 0.2) is 0 Å². The van der Waals surface area contributed by atoms with Crippen LogP contribution in [0.3, 0.4) is 0 Å². The number of rotatable bonds is 5. The minimum absolute atomic E-state index is 0.0282. The molecule has 0 unspecified atom stereocenters. The largest absolute Gasteiger partial charge is 0.350 e. The van der Waals surface area contributed by atoms with Crippen molar-refractivity contribution >= 4 is 5.91 Å². The number of fused-ring (bicyclic) bond motifs is 1. The lowest BCUT2D eigenvalue weighted by Gasteiger charge is -2.25. The van der Waals surface area contributed by atoms with E-state index in [-0.39, 0.29) is 5.41 Å². The zero-order chi connectivity index (χ0) is 16.4. The Bertz CT molecular complexity index is 728. The predicted octanol–water partition coefficient (Wildman–Crippen LogP) is 2.92. The van der Waals surface area contributed by atoms with Gasteiger partial charge in [-0.3, -0.25) is 4.79 Å². The van der Waals surface area contributed by atoms with Crippen molar-refractivity contribution in [3.8, 4) is 0 Å². The van der Waals surface area contributed by atoms with E-state index in [1.54, 1.807) is 0 Å².